The molecule has 0 saturated heterocycles. The number of alkyl halides is 9. The smallest absolute Gasteiger partial charge is 0.426 e. The van der Waals surface area contributed by atoms with E-state index in [1.54, 1.807) is 0 Å². The summed E-state index contributed by atoms with van der Waals surface area (Å²) in [6.45, 7) is 0. The van der Waals surface area contributed by atoms with E-state index >= 15 is 0 Å². The summed E-state index contributed by atoms with van der Waals surface area (Å²) in [7, 11) is 6.40. The summed E-state index contributed by atoms with van der Waals surface area (Å²) in [5, 5.41) is 1.62. The number of nitrogens with one attached hydrogen (secondary N) is 1. The van der Waals surface area contributed by atoms with Crippen molar-refractivity contribution in [2.75, 3.05) is 4.90 Å². The summed E-state index contributed by atoms with van der Waals surface area (Å²) in [6.07, 6.45) is -10.3. The average molecular weight is 619 g/mol. The minimum absolute atomic E-state index is 0.185. The maximum Gasteiger partial charge on any atom is 0.499 e. The zero-order chi connectivity index (χ0) is 30.1. The molecule has 1 fully saturated rings. The van der Waals surface area contributed by atoms with E-state index in [0.717, 1.165) is 18.7 Å². The van der Waals surface area contributed by atoms with Crippen LogP contribution in [0.4, 0.5) is 40.8 Å². The highest BCUT2D eigenvalue weighted by Gasteiger charge is 2.61. The highest BCUT2D eigenvalue weighted by molar-refractivity contribution is 6.40. The Morgan fingerprint density at radius 2 is 1.70 bits per heavy atom. The average Bonchev–Trinajstić information content (AvgIpc) is 2.86. The second kappa shape index (κ2) is 11.5. The number of benzene rings is 1. The van der Waals surface area contributed by atoms with Crippen molar-refractivity contribution in [3.8, 4) is 5.75 Å². The maximum atomic E-state index is 14.2. The van der Waals surface area contributed by atoms with Crippen LogP contribution in [-0.4, -0.2) is 59.5 Å². The Morgan fingerprint density at radius 3 is 2.20 bits per heavy atom. The quantitative estimate of drug-likeness (QED) is 0.248. The molecule has 1 aromatic carbocycles. The molecule has 7 nitrogen and oxygen atoms in total. The molecule has 40 heavy (non-hydrogen) atoms. The van der Waals surface area contributed by atoms with Gasteiger partial charge in [0.15, 0.2) is 0 Å². The lowest BCUT2D eigenvalue weighted by Crippen LogP contribution is -2.62. The van der Waals surface area contributed by atoms with Crippen molar-refractivity contribution in [3.63, 3.8) is 0 Å². The second-order valence-corrected chi connectivity index (χ2v) is 9.49. The molecule has 2 radical (unpaired) electrons. The van der Waals surface area contributed by atoms with Crippen molar-refractivity contribution < 1.29 is 49.4 Å². The summed E-state index contributed by atoms with van der Waals surface area (Å²) < 4.78 is 110. The minimum Gasteiger partial charge on any atom is -0.426 e. The van der Waals surface area contributed by atoms with E-state index in [-0.39, 0.29) is 23.3 Å². The number of hydrogen-bond donors (Lipinski definition) is 1. The Labute approximate surface area is 232 Å². The largest absolute Gasteiger partial charge is 0.499 e. The normalized spacial score (nSPS) is 18.4. The molecule has 0 unspecified atom stereocenters. The van der Waals surface area contributed by atoms with E-state index in [9.17, 15) is 44.7 Å². The van der Waals surface area contributed by atoms with Gasteiger partial charge < -0.3 is 10.1 Å². The summed E-state index contributed by atoms with van der Waals surface area (Å²) in [6, 6.07) is 0.748. The van der Waals surface area contributed by atoms with Gasteiger partial charge >= 0.3 is 12.3 Å². The zero-order valence-electron chi connectivity index (χ0n) is 19.9. The van der Waals surface area contributed by atoms with E-state index < -0.39 is 76.4 Å². The van der Waals surface area contributed by atoms with Gasteiger partial charge in [-0.3, -0.25) is 14.5 Å². The fraction of sp³-hybridized carbons (Fsp3) is 0.455. The molecule has 2 amide bonds. The molecular weight excluding hydrogens is 602 g/mol. The van der Waals surface area contributed by atoms with Crippen LogP contribution in [0, 0.1) is 0 Å². The van der Waals surface area contributed by atoms with Gasteiger partial charge in [0.2, 0.25) is 11.8 Å². The number of nitrogens with zero attached hydrogens (tertiary/aromatic N) is 3. The predicted octanol–water partition coefficient (Wildman–Crippen LogP) is 5.25. The van der Waals surface area contributed by atoms with E-state index in [1.165, 1.54) is 0 Å². The molecule has 0 aliphatic heterocycles. The fourth-order valence-corrected chi connectivity index (χ4v) is 4.21. The van der Waals surface area contributed by atoms with Gasteiger partial charge in [-0.1, -0.05) is 23.2 Å². The van der Waals surface area contributed by atoms with Gasteiger partial charge in [0.1, 0.15) is 25.4 Å². The van der Waals surface area contributed by atoms with E-state index in [0.29, 0.717) is 18.2 Å². The highest BCUT2D eigenvalue weighted by Crippen LogP contribution is 2.42. The Kier molecular flexibility index (Phi) is 9.14. The third-order valence-electron chi connectivity index (χ3n) is 5.90. The van der Waals surface area contributed by atoms with Crippen LogP contribution >= 0.6 is 23.2 Å². The summed E-state index contributed by atoms with van der Waals surface area (Å²) in [5.41, 5.74) is -6.71. The van der Waals surface area contributed by atoms with Gasteiger partial charge in [-0.25, -0.2) is 23.1 Å². The van der Waals surface area contributed by atoms with Crippen molar-refractivity contribution in [2.24, 2.45) is 0 Å². The Balaban J connectivity index is 2.09. The lowest BCUT2D eigenvalue weighted by Gasteiger charge is -2.42. The maximum absolute atomic E-state index is 14.2. The van der Waals surface area contributed by atoms with Crippen LogP contribution in [0.15, 0.2) is 36.9 Å². The summed E-state index contributed by atoms with van der Waals surface area (Å²) in [5.74, 6) is -7.04. The highest BCUT2D eigenvalue weighted by atomic mass is 35.5. The number of aromatic nitrogens is 2. The third kappa shape index (κ3) is 6.70. The first-order chi connectivity index (χ1) is 18.4. The predicted molar refractivity (Wildman–Crippen MR) is 126 cm³/mol. The zero-order valence-corrected chi connectivity index (χ0v) is 21.4. The van der Waals surface area contributed by atoms with Crippen molar-refractivity contribution >= 4 is 48.5 Å². The van der Waals surface area contributed by atoms with Crippen molar-refractivity contribution in [1.82, 2.24) is 15.3 Å². The SMILES string of the molecule is [B][C@@](C(=O)NC1CCC(F)(F)CC1)(c1cncnc1)N(C(=O)[C@H](F)Cl)c1ccc(OC(F)(F)C(F)(F)F)cc1Cl. The molecule has 2 aromatic rings. The number of hydrogen-bond acceptors (Lipinski definition) is 5. The number of amides is 2. The molecule has 1 heterocycles. The van der Waals surface area contributed by atoms with Crippen LogP contribution < -0.4 is 15.0 Å². The molecule has 1 N–H and O–H groups in total. The molecule has 0 spiro atoms. The van der Waals surface area contributed by atoms with Gasteiger partial charge in [0.05, 0.1) is 10.7 Å². The van der Waals surface area contributed by atoms with Gasteiger partial charge in [-0.15, -0.1) is 0 Å². The first kappa shape index (κ1) is 31.6. The molecule has 1 aliphatic carbocycles. The number of carbonyl (C=O) groups excluding carboxylic acids is 2. The van der Waals surface area contributed by atoms with Crippen LogP contribution in [0.5, 0.6) is 5.75 Å². The molecule has 1 aliphatic rings. The lowest BCUT2D eigenvalue weighted by molar-refractivity contribution is -0.360. The summed E-state index contributed by atoms with van der Waals surface area (Å²) in [4.78, 5) is 34.2. The number of halogens is 10. The molecule has 2 atom stereocenters. The van der Waals surface area contributed by atoms with Crippen LogP contribution in [0.3, 0.4) is 0 Å². The number of carbonyl (C=O) groups is 2. The van der Waals surface area contributed by atoms with E-state index in [2.05, 4.69) is 20.0 Å². The molecule has 18 heteroatoms. The van der Waals surface area contributed by atoms with Crippen molar-refractivity contribution in [1.29, 1.82) is 0 Å². The molecule has 3 rings (SSSR count). The van der Waals surface area contributed by atoms with Gasteiger partial charge in [-0.2, -0.15) is 22.0 Å². The van der Waals surface area contributed by atoms with Crippen molar-refractivity contribution in [3.05, 3.63) is 47.5 Å². The van der Waals surface area contributed by atoms with Crippen LogP contribution in [0.25, 0.3) is 0 Å². The monoisotopic (exact) mass is 618 g/mol. The van der Waals surface area contributed by atoms with E-state index in [1.807, 2.05) is 0 Å². The molecule has 216 valence electrons. The topological polar surface area (TPSA) is 84.4 Å². The molecule has 0 bridgehead atoms. The lowest BCUT2D eigenvalue weighted by atomic mass is 9.69. The fourth-order valence-electron chi connectivity index (χ4n) is 3.86. The first-order valence-electron chi connectivity index (χ1n) is 11.2. The Morgan fingerprint density at radius 1 is 1.12 bits per heavy atom. The van der Waals surface area contributed by atoms with Gasteiger partial charge in [0, 0.05) is 42.9 Å². The summed E-state index contributed by atoms with van der Waals surface area (Å²) >= 11 is 11.4. The standard InChI is InChI=1S/C22H17BCl2F8N4O3/c23-20(11-8-34-10-35-9-11,18(39)36-12-3-5-19(27,28)6-4-12)37(17(38)16(25)26)15-2-1-13(7-14(15)24)40-22(32,33)21(29,30)31/h1-2,7-10,12,16H,3-6H2,(H,36,39)/t16-,20-/m0/s1. The minimum atomic E-state index is -6.10. The molecular formula is C22H17BCl2F8N4O3. The van der Waals surface area contributed by atoms with Crippen LogP contribution in [0.1, 0.15) is 31.2 Å². The molecule has 1 saturated carbocycles. The molecule has 1 aromatic heterocycles. The number of rotatable bonds is 8. The Bertz CT molecular complexity index is 1230. The number of anilines is 1. The van der Waals surface area contributed by atoms with E-state index in [4.69, 9.17) is 31.0 Å². The van der Waals surface area contributed by atoms with Crippen molar-refractivity contribution in [2.45, 2.75) is 61.0 Å². The van der Waals surface area contributed by atoms with Gasteiger partial charge in [-0.05, 0) is 25.0 Å². The van der Waals surface area contributed by atoms with Crippen LogP contribution in [0.2, 0.25) is 5.02 Å². The Hall–Kier alpha value is -2.88. The first-order valence-corrected chi connectivity index (χ1v) is 12.0. The third-order valence-corrected chi connectivity index (χ3v) is 6.38. The van der Waals surface area contributed by atoms with Crippen LogP contribution in [-0.2, 0) is 15.0 Å². The van der Waals surface area contributed by atoms with Gasteiger partial charge in [0.25, 0.3) is 11.5 Å². The number of ether oxygens (including phenoxy) is 1. The second-order valence-electron chi connectivity index (χ2n) is 8.70.